The summed E-state index contributed by atoms with van der Waals surface area (Å²) in [5.74, 6) is -0.918. The van der Waals surface area contributed by atoms with Crippen LogP contribution in [0.15, 0.2) is 66.4 Å². The van der Waals surface area contributed by atoms with E-state index in [1.54, 1.807) is 18.6 Å². The van der Waals surface area contributed by atoms with Crippen LogP contribution in [0.25, 0.3) is 44.7 Å². The average molecular weight is 412 g/mol. The normalized spacial score (nSPS) is 11.1. The van der Waals surface area contributed by atoms with Crippen LogP contribution in [0.4, 0.5) is 0 Å². The van der Waals surface area contributed by atoms with Crippen molar-refractivity contribution in [3.8, 4) is 33.8 Å². The van der Waals surface area contributed by atoms with Crippen molar-refractivity contribution < 1.29 is 9.90 Å². The average Bonchev–Trinajstić information content (AvgIpc) is 3.43. The largest absolute Gasteiger partial charge is 0.477 e. The Balaban J connectivity index is 1.58. The Morgan fingerprint density at radius 3 is 2.70 bits per heavy atom. The number of imidazole rings is 1. The quantitative estimate of drug-likeness (QED) is 0.411. The van der Waals surface area contributed by atoms with E-state index in [1.807, 2.05) is 54.8 Å². The summed E-state index contributed by atoms with van der Waals surface area (Å²) in [6, 6.07) is 15.6. The van der Waals surface area contributed by atoms with Crippen molar-refractivity contribution in [3.63, 3.8) is 0 Å². The zero-order chi connectivity index (χ0) is 20.7. The third-order valence-corrected chi connectivity index (χ3v) is 5.80. The number of thiophene rings is 1. The maximum atomic E-state index is 11.2. The summed E-state index contributed by atoms with van der Waals surface area (Å²) in [6.45, 7) is 1.96. The fourth-order valence-electron chi connectivity index (χ4n) is 3.43. The first-order valence-electron chi connectivity index (χ1n) is 9.28. The molecule has 4 heterocycles. The van der Waals surface area contributed by atoms with Gasteiger partial charge in [0.25, 0.3) is 0 Å². The summed E-state index contributed by atoms with van der Waals surface area (Å²) < 4.78 is 0. The number of carboxylic acid groups (broad SMARTS) is 1. The van der Waals surface area contributed by atoms with Gasteiger partial charge < -0.3 is 10.1 Å². The maximum Gasteiger partial charge on any atom is 0.345 e. The molecule has 0 aliphatic rings. The highest BCUT2D eigenvalue weighted by Gasteiger charge is 2.13. The molecule has 0 unspecified atom stereocenters. The van der Waals surface area contributed by atoms with Gasteiger partial charge in [0.1, 0.15) is 4.88 Å². The Bertz CT molecular complexity index is 1400. The second-order valence-electron chi connectivity index (χ2n) is 6.93. The minimum atomic E-state index is -0.918. The third-order valence-electron chi connectivity index (χ3n) is 4.88. The van der Waals surface area contributed by atoms with E-state index in [-0.39, 0.29) is 0 Å². The van der Waals surface area contributed by atoms with E-state index in [0.717, 1.165) is 50.4 Å². The molecule has 0 spiro atoms. The molecule has 30 heavy (non-hydrogen) atoms. The fraction of sp³-hybridized carbons (Fsp3) is 0.0435. The Hall–Kier alpha value is -3.84. The van der Waals surface area contributed by atoms with Gasteiger partial charge in [-0.25, -0.2) is 9.78 Å². The van der Waals surface area contributed by atoms with E-state index in [2.05, 4.69) is 19.9 Å². The number of carbonyl (C=O) groups is 1. The SMILES string of the molecule is Cc1cccc(-c2[nH]cnc2-c2ccc3ncc(-c4csc(C(=O)O)c4)cc3c2)n1. The van der Waals surface area contributed by atoms with Gasteiger partial charge in [0, 0.05) is 28.4 Å². The molecule has 4 aromatic heterocycles. The number of aryl methyl sites for hydroxylation is 1. The standard InChI is InChI=1S/C23H16N4O2S/c1-13-3-2-4-19(27-13)22-21(25-12-26-22)14-5-6-18-15(7-14)8-16(10-24-18)17-9-20(23(28)29)30-11-17/h2-12H,1H3,(H,25,26)(H,28,29). The monoisotopic (exact) mass is 412 g/mol. The molecule has 1 aromatic carbocycles. The van der Waals surface area contributed by atoms with Gasteiger partial charge in [-0.15, -0.1) is 11.3 Å². The molecule has 6 nitrogen and oxygen atoms in total. The van der Waals surface area contributed by atoms with E-state index < -0.39 is 5.97 Å². The van der Waals surface area contributed by atoms with Crippen LogP contribution in [0.3, 0.4) is 0 Å². The Kier molecular flexibility index (Phi) is 4.37. The number of nitrogens with zero attached hydrogens (tertiary/aromatic N) is 3. The van der Waals surface area contributed by atoms with Crippen LogP contribution < -0.4 is 0 Å². The van der Waals surface area contributed by atoms with Crippen molar-refractivity contribution in [1.29, 1.82) is 0 Å². The van der Waals surface area contributed by atoms with E-state index in [4.69, 9.17) is 0 Å². The van der Waals surface area contributed by atoms with Crippen LogP contribution in [0.2, 0.25) is 0 Å². The predicted octanol–water partition coefficient (Wildman–Crippen LogP) is 5.42. The Labute approximate surface area is 175 Å². The van der Waals surface area contributed by atoms with Crippen molar-refractivity contribution in [2.24, 2.45) is 0 Å². The van der Waals surface area contributed by atoms with Gasteiger partial charge in [0.05, 0.1) is 28.9 Å². The molecule has 5 rings (SSSR count). The molecule has 2 N–H and O–H groups in total. The van der Waals surface area contributed by atoms with Gasteiger partial charge in [0.2, 0.25) is 0 Å². The minimum Gasteiger partial charge on any atom is -0.477 e. The van der Waals surface area contributed by atoms with Crippen LogP contribution in [-0.4, -0.2) is 31.0 Å². The zero-order valence-corrected chi connectivity index (χ0v) is 16.8. The summed E-state index contributed by atoms with van der Waals surface area (Å²) in [5, 5.41) is 12.0. The third kappa shape index (κ3) is 3.25. The van der Waals surface area contributed by atoms with Crippen LogP contribution in [-0.2, 0) is 0 Å². The highest BCUT2D eigenvalue weighted by Crippen LogP contribution is 2.32. The Morgan fingerprint density at radius 2 is 1.90 bits per heavy atom. The number of carboxylic acids is 1. The Morgan fingerprint density at radius 1 is 1.03 bits per heavy atom. The van der Waals surface area contributed by atoms with Crippen molar-refractivity contribution in [1.82, 2.24) is 19.9 Å². The van der Waals surface area contributed by atoms with Gasteiger partial charge in [-0.3, -0.25) is 9.97 Å². The number of aromatic carboxylic acids is 1. The number of hydrogen-bond donors (Lipinski definition) is 2. The van der Waals surface area contributed by atoms with Gasteiger partial charge >= 0.3 is 5.97 Å². The first-order valence-corrected chi connectivity index (χ1v) is 10.2. The van der Waals surface area contributed by atoms with Gasteiger partial charge in [-0.05, 0) is 54.3 Å². The first-order chi connectivity index (χ1) is 14.6. The van der Waals surface area contributed by atoms with Crippen molar-refractivity contribution in [2.45, 2.75) is 6.92 Å². The van der Waals surface area contributed by atoms with Crippen molar-refractivity contribution in [3.05, 3.63) is 77.0 Å². The maximum absolute atomic E-state index is 11.2. The molecular weight excluding hydrogens is 396 g/mol. The molecule has 0 amide bonds. The summed E-state index contributed by atoms with van der Waals surface area (Å²) in [7, 11) is 0. The van der Waals surface area contributed by atoms with E-state index in [9.17, 15) is 9.90 Å². The van der Waals surface area contributed by atoms with Crippen molar-refractivity contribution >= 4 is 28.2 Å². The number of rotatable bonds is 4. The summed E-state index contributed by atoms with van der Waals surface area (Å²) in [6.07, 6.45) is 3.44. The lowest BCUT2D eigenvalue weighted by molar-refractivity contribution is 0.0702. The molecule has 7 heteroatoms. The molecule has 0 aliphatic carbocycles. The minimum absolute atomic E-state index is 0.311. The van der Waals surface area contributed by atoms with Crippen LogP contribution in [0, 0.1) is 6.92 Å². The van der Waals surface area contributed by atoms with Gasteiger partial charge in [0.15, 0.2) is 0 Å². The van der Waals surface area contributed by atoms with E-state index >= 15 is 0 Å². The number of nitrogens with one attached hydrogen (secondary N) is 1. The number of fused-ring (bicyclic) bond motifs is 1. The van der Waals surface area contributed by atoms with E-state index in [1.165, 1.54) is 11.3 Å². The highest BCUT2D eigenvalue weighted by molar-refractivity contribution is 7.12. The molecule has 0 radical (unpaired) electrons. The lowest BCUT2D eigenvalue weighted by atomic mass is 10.0. The number of aromatic amines is 1. The molecule has 0 aliphatic heterocycles. The van der Waals surface area contributed by atoms with Crippen LogP contribution in [0.1, 0.15) is 15.4 Å². The predicted molar refractivity (Wildman–Crippen MR) is 118 cm³/mol. The molecule has 0 bridgehead atoms. The summed E-state index contributed by atoms with van der Waals surface area (Å²) in [4.78, 5) is 28.4. The molecule has 0 saturated carbocycles. The number of aromatic nitrogens is 4. The first kappa shape index (κ1) is 18.2. The fourth-order valence-corrected chi connectivity index (χ4v) is 4.18. The second-order valence-corrected chi connectivity index (χ2v) is 7.84. The molecule has 0 saturated heterocycles. The summed E-state index contributed by atoms with van der Waals surface area (Å²) >= 11 is 1.21. The van der Waals surface area contributed by atoms with Crippen molar-refractivity contribution in [2.75, 3.05) is 0 Å². The molecular formula is C23H16N4O2S. The number of pyridine rings is 2. The summed E-state index contributed by atoms with van der Waals surface area (Å²) in [5.41, 5.74) is 7.02. The van der Waals surface area contributed by atoms with E-state index in [0.29, 0.717) is 4.88 Å². The van der Waals surface area contributed by atoms with Gasteiger partial charge in [-0.1, -0.05) is 12.1 Å². The number of hydrogen-bond acceptors (Lipinski definition) is 5. The van der Waals surface area contributed by atoms with Crippen LogP contribution in [0.5, 0.6) is 0 Å². The van der Waals surface area contributed by atoms with Crippen LogP contribution >= 0.6 is 11.3 Å². The highest BCUT2D eigenvalue weighted by atomic mass is 32.1. The number of benzene rings is 1. The number of H-pyrrole nitrogens is 1. The second kappa shape index (κ2) is 7.20. The smallest absolute Gasteiger partial charge is 0.345 e. The zero-order valence-electron chi connectivity index (χ0n) is 16.0. The topological polar surface area (TPSA) is 91.8 Å². The molecule has 5 aromatic rings. The molecule has 0 fully saturated rings. The molecule has 0 atom stereocenters. The van der Waals surface area contributed by atoms with Gasteiger partial charge in [-0.2, -0.15) is 0 Å². The lowest BCUT2D eigenvalue weighted by Crippen LogP contribution is -1.90. The lowest BCUT2D eigenvalue weighted by Gasteiger charge is -2.06. The molecule has 146 valence electrons.